The number of hydrogen-bond acceptors (Lipinski definition) is 3. The average Bonchev–Trinajstić information content (AvgIpc) is 2.42. The van der Waals surface area contributed by atoms with Gasteiger partial charge in [0.25, 0.3) is 0 Å². The topological polar surface area (TPSA) is 45.2 Å². The standard InChI is InChI=1S/C14H16BrN3O/c1-2-8-18-9-5-11(6-10-18)14(19)17-13-12(15)4-3-7-16-13/h1,3-4,7,11H,5-6,8-10H2,(H,16,17,19). The smallest absolute Gasteiger partial charge is 0.228 e. The molecule has 1 N–H and O–H groups in total. The molecule has 2 rings (SSSR count). The number of anilines is 1. The molecule has 1 aromatic heterocycles. The van der Waals surface area contributed by atoms with Crippen molar-refractivity contribution in [3.8, 4) is 12.3 Å². The van der Waals surface area contributed by atoms with Crippen LogP contribution in [0.1, 0.15) is 12.8 Å². The molecule has 1 saturated heterocycles. The molecule has 0 aromatic carbocycles. The van der Waals surface area contributed by atoms with Crippen LogP contribution in [-0.2, 0) is 4.79 Å². The van der Waals surface area contributed by atoms with E-state index in [-0.39, 0.29) is 11.8 Å². The Morgan fingerprint density at radius 1 is 1.58 bits per heavy atom. The van der Waals surface area contributed by atoms with Crippen molar-refractivity contribution < 1.29 is 4.79 Å². The van der Waals surface area contributed by atoms with Crippen LogP contribution in [0.5, 0.6) is 0 Å². The summed E-state index contributed by atoms with van der Waals surface area (Å²) in [7, 11) is 0. The van der Waals surface area contributed by atoms with Gasteiger partial charge in [0.1, 0.15) is 5.82 Å². The fourth-order valence-corrected chi connectivity index (χ4v) is 2.53. The molecule has 0 atom stereocenters. The van der Waals surface area contributed by atoms with Gasteiger partial charge in [-0.05, 0) is 54.0 Å². The van der Waals surface area contributed by atoms with Crippen LogP contribution in [0.2, 0.25) is 0 Å². The van der Waals surface area contributed by atoms with Crippen molar-refractivity contribution in [1.29, 1.82) is 0 Å². The summed E-state index contributed by atoms with van der Waals surface area (Å²) in [6.45, 7) is 2.43. The highest BCUT2D eigenvalue weighted by Gasteiger charge is 2.25. The zero-order valence-electron chi connectivity index (χ0n) is 10.6. The first-order chi connectivity index (χ1) is 9.20. The summed E-state index contributed by atoms with van der Waals surface area (Å²) in [5.74, 6) is 3.31. The van der Waals surface area contributed by atoms with E-state index in [1.165, 1.54) is 0 Å². The molecule has 1 fully saturated rings. The van der Waals surface area contributed by atoms with Gasteiger partial charge < -0.3 is 5.32 Å². The first kappa shape index (κ1) is 14.0. The van der Waals surface area contributed by atoms with E-state index in [4.69, 9.17) is 6.42 Å². The minimum atomic E-state index is 0.0414. The van der Waals surface area contributed by atoms with Crippen molar-refractivity contribution in [2.75, 3.05) is 25.0 Å². The van der Waals surface area contributed by atoms with Crippen LogP contribution < -0.4 is 5.32 Å². The quantitative estimate of drug-likeness (QED) is 0.867. The largest absolute Gasteiger partial charge is 0.310 e. The number of hydrogen-bond donors (Lipinski definition) is 1. The molecular weight excluding hydrogens is 306 g/mol. The van der Waals surface area contributed by atoms with Gasteiger partial charge in [0.05, 0.1) is 11.0 Å². The molecule has 1 aromatic rings. The van der Waals surface area contributed by atoms with Crippen LogP contribution in [0.3, 0.4) is 0 Å². The number of piperidine rings is 1. The number of pyridine rings is 1. The van der Waals surface area contributed by atoms with Gasteiger partial charge in [-0.3, -0.25) is 9.69 Å². The molecule has 100 valence electrons. The Kier molecular flexibility index (Phi) is 4.94. The number of aromatic nitrogens is 1. The Balaban J connectivity index is 1.89. The first-order valence-electron chi connectivity index (χ1n) is 6.28. The van der Waals surface area contributed by atoms with Gasteiger partial charge in [0.15, 0.2) is 0 Å². The van der Waals surface area contributed by atoms with Crippen molar-refractivity contribution in [3.63, 3.8) is 0 Å². The lowest BCUT2D eigenvalue weighted by atomic mass is 9.96. The number of carbonyl (C=O) groups is 1. The van der Waals surface area contributed by atoms with Gasteiger partial charge in [0, 0.05) is 12.1 Å². The van der Waals surface area contributed by atoms with Crippen LogP contribution >= 0.6 is 15.9 Å². The molecule has 0 saturated carbocycles. The Labute approximate surface area is 121 Å². The van der Waals surface area contributed by atoms with Gasteiger partial charge in [-0.15, -0.1) is 6.42 Å². The molecule has 1 amide bonds. The SMILES string of the molecule is C#CCN1CCC(C(=O)Nc2ncccc2Br)CC1. The number of carbonyl (C=O) groups excluding carboxylic acids is 1. The summed E-state index contributed by atoms with van der Waals surface area (Å²) in [5.41, 5.74) is 0. The van der Waals surface area contributed by atoms with Gasteiger partial charge >= 0.3 is 0 Å². The van der Waals surface area contributed by atoms with Gasteiger partial charge in [-0.25, -0.2) is 4.98 Å². The van der Waals surface area contributed by atoms with Crippen molar-refractivity contribution in [1.82, 2.24) is 9.88 Å². The number of terminal acetylenes is 1. The predicted molar refractivity (Wildman–Crippen MR) is 78.6 cm³/mol. The first-order valence-corrected chi connectivity index (χ1v) is 7.07. The number of nitrogens with zero attached hydrogens (tertiary/aromatic N) is 2. The second-order valence-electron chi connectivity index (χ2n) is 4.58. The van der Waals surface area contributed by atoms with E-state index in [1.807, 2.05) is 12.1 Å². The van der Waals surface area contributed by atoms with Crippen LogP contribution in [0.25, 0.3) is 0 Å². The van der Waals surface area contributed by atoms with Crippen molar-refractivity contribution in [2.24, 2.45) is 5.92 Å². The fraction of sp³-hybridized carbons (Fsp3) is 0.429. The monoisotopic (exact) mass is 321 g/mol. The summed E-state index contributed by atoms with van der Waals surface area (Å²) >= 11 is 3.37. The third-order valence-electron chi connectivity index (χ3n) is 3.27. The Morgan fingerprint density at radius 2 is 2.32 bits per heavy atom. The van der Waals surface area contributed by atoms with Crippen molar-refractivity contribution >= 4 is 27.7 Å². The molecule has 0 unspecified atom stereocenters. The molecule has 0 radical (unpaired) electrons. The van der Waals surface area contributed by atoms with E-state index in [1.54, 1.807) is 6.20 Å². The lowest BCUT2D eigenvalue weighted by Gasteiger charge is -2.29. The maximum Gasteiger partial charge on any atom is 0.228 e. The fourth-order valence-electron chi connectivity index (χ4n) is 2.18. The molecule has 1 aliphatic heterocycles. The average molecular weight is 322 g/mol. The minimum absolute atomic E-state index is 0.0414. The Morgan fingerprint density at radius 3 is 2.95 bits per heavy atom. The highest BCUT2D eigenvalue weighted by Crippen LogP contribution is 2.22. The lowest BCUT2D eigenvalue weighted by Crippen LogP contribution is -2.38. The van der Waals surface area contributed by atoms with Crippen LogP contribution in [-0.4, -0.2) is 35.4 Å². The summed E-state index contributed by atoms with van der Waals surface area (Å²) < 4.78 is 0.799. The van der Waals surface area contributed by atoms with Crippen LogP contribution in [0.15, 0.2) is 22.8 Å². The maximum atomic E-state index is 12.2. The minimum Gasteiger partial charge on any atom is -0.310 e. The molecule has 0 bridgehead atoms. The molecular formula is C14H16BrN3O. The number of likely N-dealkylation sites (tertiary alicyclic amines) is 1. The van der Waals surface area contributed by atoms with E-state index < -0.39 is 0 Å². The molecule has 1 aliphatic rings. The highest BCUT2D eigenvalue weighted by atomic mass is 79.9. The van der Waals surface area contributed by atoms with Gasteiger partial charge in [-0.1, -0.05) is 5.92 Å². The Hall–Kier alpha value is -1.38. The van der Waals surface area contributed by atoms with Crippen molar-refractivity contribution in [3.05, 3.63) is 22.8 Å². The van der Waals surface area contributed by atoms with Crippen LogP contribution in [0, 0.1) is 18.3 Å². The summed E-state index contributed by atoms with van der Waals surface area (Å²) in [5, 5.41) is 2.87. The molecule has 0 spiro atoms. The molecule has 2 heterocycles. The molecule has 5 heteroatoms. The van der Waals surface area contributed by atoms with E-state index in [9.17, 15) is 4.79 Å². The summed E-state index contributed by atoms with van der Waals surface area (Å²) in [6, 6.07) is 3.68. The molecule has 4 nitrogen and oxygen atoms in total. The van der Waals surface area contributed by atoms with E-state index >= 15 is 0 Å². The lowest BCUT2D eigenvalue weighted by molar-refractivity contribution is -0.121. The molecule has 0 aliphatic carbocycles. The Bertz CT molecular complexity index is 490. The number of nitrogens with one attached hydrogen (secondary N) is 1. The van der Waals surface area contributed by atoms with Crippen LogP contribution in [0.4, 0.5) is 5.82 Å². The number of rotatable bonds is 3. The number of halogens is 1. The van der Waals surface area contributed by atoms with E-state index in [0.717, 1.165) is 30.4 Å². The zero-order chi connectivity index (χ0) is 13.7. The normalized spacial score (nSPS) is 16.8. The predicted octanol–water partition coefficient (Wildman–Crippen LogP) is 2.13. The van der Waals surface area contributed by atoms with Crippen molar-refractivity contribution in [2.45, 2.75) is 12.8 Å². The number of amides is 1. The summed E-state index contributed by atoms with van der Waals surface area (Å²) in [6.07, 6.45) is 8.64. The molecule has 19 heavy (non-hydrogen) atoms. The second-order valence-corrected chi connectivity index (χ2v) is 5.43. The maximum absolute atomic E-state index is 12.2. The van der Waals surface area contributed by atoms with E-state index in [2.05, 4.69) is 37.1 Å². The third kappa shape index (κ3) is 3.79. The highest BCUT2D eigenvalue weighted by molar-refractivity contribution is 9.10. The summed E-state index contributed by atoms with van der Waals surface area (Å²) in [4.78, 5) is 18.5. The van der Waals surface area contributed by atoms with Gasteiger partial charge in [-0.2, -0.15) is 0 Å². The van der Waals surface area contributed by atoms with E-state index in [0.29, 0.717) is 12.4 Å². The zero-order valence-corrected chi connectivity index (χ0v) is 12.2. The van der Waals surface area contributed by atoms with Gasteiger partial charge in [0.2, 0.25) is 5.91 Å². The second kappa shape index (κ2) is 6.69. The third-order valence-corrected chi connectivity index (χ3v) is 3.91.